The van der Waals surface area contributed by atoms with E-state index in [1.54, 1.807) is 0 Å². The first-order valence-corrected chi connectivity index (χ1v) is 7.88. The van der Waals surface area contributed by atoms with Crippen molar-refractivity contribution >= 4 is 11.8 Å². The fourth-order valence-electron chi connectivity index (χ4n) is 3.20. The van der Waals surface area contributed by atoms with E-state index in [1.165, 1.54) is 48.3 Å². The van der Waals surface area contributed by atoms with Crippen LogP contribution in [0.15, 0.2) is 24.3 Å². The summed E-state index contributed by atoms with van der Waals surface area (Å²) in [6.45, 7) is 0.811. The van der Waals surface area contributed by atoms with Crippen molar-refractivity contribution in [1.82, 2.24) is 0 Å². The van der Waals surface area contributed by atoms with Gasteiger partial charge in [0.1, 0.15) is 0 Å². The maximum absolute atomic E-state index is 6.03. The van der Waals surface area contributed by atoms with Gasteiger partial charge in [0, 0.05) is 29.4 Å². The molecule has 1 heterocycles. The Balaban J connectivity index is 1.82. The third kappa shape index (κ3) is 2.02. The van der Waals surface area contributed by atoms with Crippen molar-refractivity contribution < 1.29 is 0 Å². The molecule has 0 aromatic heterocycles. The lowest BCUT2D eigenvalue weighted by Gasteiger charge is -2.30. The van der Waals surface area contributed by atoms with Crippen molar-refractivity contribution in [3.8, 4) is 0 Å². The van der Waals surface area contributed by atoms with Gasteiger partial charge >= 0.3 is 0 Å². The Morgan fingerprint density at radius 1 is 1.12 bits per heavy atom. The smallest absolute Gasteiger partial charge is 0.00755 e. The third-order valence-electron chi connectivity index (χ3n) is 4.58. The first-order valence-electron chi connectivity index (χ1n) is 6.72. The summed E-state index contributed by atoms with van der Waals surface area (Å²) < 4.78 is 0. The van der Waals surface area contributed by atoms with Crippen LogP contribution >= 0.6 is 11.8 Å². The second kappa shape index (κ2) is 4.66. The molecule has 0 spiro atoms. The molecule has 1 aliphatic heterocycles. The summed E-state index contributed by atoms with van der Waals surface area (Å²) in [7, 11) is 0. The zero-order chi connectivity index (χ0) is 11.7. The maximum atomic E-state index is 6.03. The molecule has 2 N–H and O–H groups in total. The molecule has 1 aliphatic carbocycles. The van der Waals surface area contributed by atoms with Crippen LogP contribution in [-0.4, -0.2) is 18.1 Å². The Kier molecular flexibility index (Phi) is 3.18. The highest BCUT2D eigenvalue weighted by atomic mass is 32.2. The number of nitrogens with two attached hydrogens (primary N) is 1. The molecule has 1 saturated carbocycles. The van der Waals surface area contributed by atoms with Gasteiger partial charge < -0.3 is 5.73 Å². The Morgan fingerprint density at radius 2 is 1.76 bits per heavy atom. The Morgan fingerprint density at radius 3 is 2.24 bits per heavy atom. The molecule has 0 bridgehead atoms. The molecule has 0 radical (unpaired) electrons. The highest BCUT2D eigenvalue weighted by molar-refractivity contribution is 8.00. The lowest BCUT2D eigenvalue weighted by molar-refractivity contribution is 0.453. The van der Waals surface area contributed by atoms with Gasteiger partial charge in [0.2, 0.25) is 0 Å². The van der Waals surface area contributed by atoms with Crippen LogP contribution in [0.5, 0.6) is 0 Å². The van der Waals surface area contributed by atoms with E-state index in [1.807, 2.05) is 0 Å². The summed E-state index contributed by atoms with van der Waals surface area (Å²) in [6.07, 6.45) is 5.25. The van der Waals surface area contributed by atoms with Gasteiger partial charge in [-0.25, -0.2) is 0 Å². The van der Waals surface area contributed by atoms with E-state index in [4.69, 9.17) is 5.73 Å². The quantitative estimate of drug-likeness (QED) is 0.887. The van der Waals surface area contributed by atoms with E-state index in [9.17, 15) is 0 Å². The van der Waals surface area contributed by atoms with Gasteiger partial charge in [-0.3, -0.25) is 0 Å². The van der Waals surface area contributed by atoms with E-state index < -0.39 is 0 Å². The van der Waals surface area contributed by atoms with Crippen molar-refractivity contribution in [1.29, 1.82) is 0 Å². The fourth-order valence-corrected chi connectivity index (χ4v) is 4.06. The van der Waals surface area contributed by atoms with Gasteiger partial charge in [-0.2, -0.15) is 11.8 Å². The maximum Gasteiger partial charge on any atom is 0.00755 e. The van der Waals surface area contributed by atoms with E-state index >= 15 is 0 Å². The van der Waals surface area contributed by atoms with Crippen molar-refractivity contribution in [3.05, 3.63) is 35.4 Å². The van der Waals surface area contributed by atoms with Crippen LogP contribution in [0.3, 0.4) is 0 Å². The highest BCUT2D eigenvalue weighted by Gasteiger charge is 2.34. The van der Waals surface area contributed by atoms with E-state index in [2.05, 4.69) is 36.0 Å². The molecule has 1 aromatic carbocycles. The van der Waals surface area contributed by atoms with Crippen molar-refractivity contribution in [2.24, 2.45) is 5.73 Å². The number of hydrogen-bond acceptors (Lipinski definition) is 2. The van der Waals surface area contributed by atoms with Gasteiger partial charge in [-0.05, 0) is 24.0 Å². The summed E-state index contributed by atoms with van der Waals surface area (Å²) in [4.78, 5) is 0. The SMILES string of the molecule is NCC1(c2ccc(C3CSC3)cc2)CCCC1. The summed E-state index contributed by atoms with van der Waals surface area (Å²) in [5.41, 5.74) is 9.34. The van der Waals surface area contributed by atoms with Crippen LogP contribution in [0.25, 0.3) is 0 Å². The topological polar surface area (TPSA) is 26.0 Å². The normalized spacial score (nSPS) is 23.6. The molecule has 17 heavy (non-hydrogen) atoms. The van der Waals surface area contributed by atoms with Crippen LogP contribution in [0.4, 0.5) is 0 Å². The molecule has 92 valence electrons. The Labute approximate surface area is 108 Å². The highest BCUT2D eigenvalue weighted by Crippen LogP contribution is 2.41. The number of rotatable bonds is 3. The minimum absolute atomic E-state index is 0.299. The molecular weight excluding hydrogens is 226 g/mol. The monoisotopic (exact) mass is 247 g/mol. The molecule has 2 aliphatic rings. The second-order valence-corrected chi connectivity index (χ2v) is 6.62. The second-order valence-electron chi connectivity index (χ2n) is 5.55. The van der Waals surface area contributed by atoms with Crippen LogP contribution in [0, 0.1) is 0 Å². The van der Waals surface area contributed by atoms with Crippen molar-refractivity contribution in [2.45, 2.75) is 37.0 Å². The lowest BCUT2D eigenvalue weighted by Crippen LogP contribution is -2.32. The first kappa shape index (κ1) is 11.6. The molecule has 1 nitrogen and oxygen atoms in total. The van der Waals surface area contributed by atoms with Crippen LogP contribution in [-0.2, 0) is 5.41 Å². The molecule has 2 heteroatoms. The van der Waals surface area contributed by atoms with Gasteiger partial charge in [0.05, 0.1) is 0 Å². The largest absolute Gasteiger partial charge is 0.330 e. The Bertz CT molecular complexity index is 374. The lowest BCUT2D eigenvalue weighted by atomic mass is 9.78. The number of thioether (sulfide) groups is 1. The Hall–Kier alpha value is -0.470. The number of benzene rings is 1. The molecule has 0 unspecified atom stereocenters. The first-order chi connectivity index (χ1) is 8.34. The summed E-state index contributed by atoms with van der Waals surface area (Å²) in [5, 5.41) is 0. The summed E-state index contributed by atoms with van der Waals surface area (Å²) in [6, 6.07) is 9.37. The molecule has 1 saturated heterocycles. The number of hydrogen-bond donors (Lipinski definition) is 1. The van der Waals surface area contributed by atoms with Gasteiger partial charge in [-0.1, -0.05) is 37.1 Å². The van der Waals surface area contributed by atoms with Gasteiger partial charge in [-0.15, -0.1) is 0 Å². The minimum Gasteiger partial charge on any atom is -0.330 e. The van der Waals surface area contributed by atoms with Crippen LogP contribution < -0.4 is 5.73 Å². The minimum atomic E-state index is 0.299. The predicted molar refractivity (Wildman–Crippen MR) is 75.7 cm³/mol. The standard InChI is InChI=1S/C15H21NS/c16-11-15(7-1-2-8-15)14-5-3-12(4-6-14)13-9-17-10-13/h3-6,13H,1-2,7-11,16H2. The zero-order valence-electron chi connectivity index (χ0n) is 10.3. The van der Waals surface area contributed by atoms with E-state index in [0.717, 1.165) is 12.5 Å². The molecule has 1 aromatic rings. The molecule has 0 atom stereocenters. The van der Waals surface area contributed by atoms with Crippen molar-refractivity contribution in [2.75, 3.05) is 18.1 Å². The zero-order valence-corrected chi connectivity index (χ0v) is 11.1. The average molecular weight is 247 g/mol. The van der Waals surface area contributed by atoms with Crippen molar-refractivity contribution in [3.63, 3.8) is 0 Å². The van der Waals surface area contributed by atoms with Crippen LogP contribution in [0.1, 0.15) is 42.7 Å². The average Bonchev–Trinajstić information content (AvgIpc) is 2.77. The van der Waals surface area contributed by atoms with E-state index in [0.29, 0.717) is 5.41 Å². The van der Waals surface area contributed by atoms with Gasteiger partial charge in [0.15, 0.2) is 0 Å². The molecule has 2 fully saturated rings. The predicted octanol–water partition coefficient (Wildman–Crippen LogP) is 3.29. The summed E-state index contributed by atoms with van der Waals surface area (Å²) >= 11 is 2.05. The molecular formula is C15H21NS. The summed E-state index contributed by atoms with van der Waals surface area (Å²) in [5.74, 6) is 3.43. The third-order valence-corrected chi connectivity index (χ3v) is 5.86. The van der Waals surface area contributed by atoms with Gasteiger partial charge in [0.25, 0.3) is 0 Å². The fraction of sp³-hybridized carbons (Fsp3) is 0.600. The van der Waals surface area contributed by atoms with E-state index in [-0.39, 0.29) is 0 Å². The molecule has 0 amide bonds. The molecule has 3 rings (SSSR count). The van der Waals surface area contributed by atoms with Crippen LogP contribution in [0.2, 0.25) is 0 Å².